The molecule has 1 N–H and O–H groups in total. The molecule has 4 nitrogen and oxygen atoms in total. The molecule has 0 unspecified atom stereocenters. The molecule has 0 amide bonds. The second-order valence-electron chi connectivity index (χ2n) is 3.69. The Morgan fingerprint density at radius 1 is 1.33 bits per heavy atom. The molecular weight excluding hydrogens is 254 g/mol. The van der Waals surface area contributed by atoms with Crippen LogP contribution in [0.3, 0.4) is 0 Å². The van der Waals surface area contributed by atoms with Crippen molar-refractivity contribution in [1.82, 2.24) is 4.98 Å². The fourth-order valence-electron chi connectivity index (χ4n) is 1.45. The molecule has 1 heterocycles. The predicted molar refractivity (Wildman–Crippen MR) is 67.5 cm³/mol. The van der Waals surface area contributed by atoms with Gasteiger partial charge in [0.1, 0.15) is 17.1 Å². The van der Waals surface area contributed by atoms with E-state index in [0.717, 1.165) is 5.56 Å². The second kappa shape index (κ2) is 5.06. The van der Waals surface area contributed by atoms with Gasteiger partial charge in [0.2, 0.25) is 0 Å². The third-order valence-corrected chi connectivity index (χ3v) is 2.60. The lowest BCUT2D eigenvalue weighted by atomic mass is 10.2. The van der Waals surface area contributed by atoms with Crippen LogP contribution in [0.25, 0.3) is 0 Å². The summed E-state index contributed by atoms with van der Waals surface area (Å²) >= 11 is 5.77. The molecule has 0 saturated heterocycles. The molecule has 0 saturated carbocycles. The van der Waals surface area contributed by atoms with E-state index in [4.69, 9.17) is 21.4 Å². The van der Waals surface area contributed by atoms with Crippen molar-refractivity contribution in [1.29, 1.82) is 0 Å². The van der Waals surface area contributed by atoms with E-state index in [1.54, 1.807) is 24.5 Å². The van der Waals surface area contributed by atoms with Crippen molar-refractivity contribution < 1.29 is 14.6 Å². The SMILES string of the molecule is Cc1cnccc1Oc1ccc(Cl)cc1C(=O)O. The maximum absolute atomic E-state index is 11.1. The average molecular weight is 264 g/mol. The molecule has 1 aromatic heterocycles. The molecule has 92 valence electrons. The van der Waals surface area contributed by atoms with Crippen LogP contribution in [-0.4, -0.2) is 16.1 Å². The van der Waals surface area contributed by atoms with Crippen molar-refractivity contribution in [3.63, 3.8) is 0 Å². The summed E-state index contributed by atoms with van der Waals surface area (Å²) in [6.07, 6.45) is 3.23. The van der Waals surface area contributed by atoms with Crippen LogP contribution in [0.15, 0.2) is 36.7 Å². The van der Waals surface area contributed by atoms with Crippen LogP contribution in [0.4, 0.5) is 0 Å². The largest absolute Gasteiger partial charge is 0.478 e. The van der Waals surface area contributed by atoms with Gasteiger partial charge in [-0.1, -0.05) is 11.6 Å². The lowest BCUT2D eigenvalue weighted by molar-refractivity contribution is 0.0694. The number of ether oxygens (including phenoxy) is 1. The van der Waals surface area contributed by atoms with Gasteiger partial charge in [0, 0.05) is 23.0 Å². The van der Waals surface area contributed by atoms with Crippen LogP contribution in [-0.2, 0) is 0 Å². The minimum absolute atomic E-state index is 0.0266. The van der Waals surface area contributed by atoms with Crippen LogP contribution in [0.1, 0.15) is 15.9 Å². The first kappa shape index (κ1) is 12.4. The van der Waals surface area contributed by atoms with Gasteiger partial charge in [-0.05, 0) is 31.2 Å². The fraction of sp³-hybridized carbons (Fsp3) is 0.0769. The zero-order valence-corrected chi connectivity index (χ0v) is 10.3. The van der Waals surface area contributed by atoms with Gasteiger partial charge in [0.25, 0.3) is 0 Å². The van der Waals surface area contributed by atoms with E-state index < -0.39 is 5.97 Å². The number of aromatic carboxylic acids is 1. The molecule has 0 bridgehead atoms. The van der Waals surface area contributed by atoms with E-state index in [1.807, 2.05) is 6.92 Å². The monoisotopic (exact) mass is 263 g/mol. The Labute approximate surface area is 109 Å². The average Bonchev–Trinajstić information content (AvgIpc) is 2.34. The summed E-state index contributed by atoms with van der Waals surface area (Å²) in [5.74, 6) is -0.268. The standard InChI is InChI=1S/C13H10ClNO3/c1-8-7-15-5-4-11(8)18-12-3-2-9(14)6-10(12)13(16)17/h2-7H,1H3,(H,16,17). The Bertz CT molecular complexity index is 599. The van der Waals surface area contributed by atoms with E-state index in [1.165, 1.54) is 12.1 Å². The first-order chi connectivity index (χ1) is 8.58. The number of pyridine rings is 1. The molecule has 5 heteroatoms. The van der Waals surface area contributed by atoms with Gasteiger partial charge in [0.15, 0.2) is 0 Å². The quantitative estimate of drug-likeness (QED) is 0.920. The van der Waals surface area contributed by atoms with Gasteiger partial charge in [0.05, 0.1) is 0 Å². The third-order valence-electron chi connectivity index (χ3n) is 2.36. The zero-order valence-electron chi connectivity index (χ0n) is 9.55. The van der Waals surface area contributed by atoms with Gasteiger partial charge in [-0.25, -0.2) is 4.79 Å². The number of carboxylic acids is 1. The molecule has 2 aromatic rings. The number of aromatic nitrogens is 1. The highest BCUT2D eigenvalue weighted by Crippen LogP contribution is 2.29. The van der Waals surface area contributed by atoms with E-state index in [2.05, 4.69) is 4.98 Å². The number of rotatable bonds is 3. The topological polar surface area (TPSA) is 59.4 Å². The molecule has 2 rings (SSSR count). The van der Waals surface area contributed by atoms with Crippen molar-refractivity contribution in [2.45, 2.75) is 6.92 Å². The lowest BCUT2D eigenvalue weighted by Gasteiger charge is -2.10. The van der Waals surface area contributed by atoms with E-state index in [9.17, 15) is 4.79 Å². The summed E-state index contributed by atoms with van der Waals surface area (Å²) < 4.78 is 5.58. The number of carboxylic acid groups (broad SMARTS) is 1. The third kappa shape index (κ3) is 2.60. The van der Waals surface area contributed by atoms with Crippen LogP contribution in [0.5, 0.6) is 11.5 Å². The van der Waals surface area contributed by atoms with Crippen LogP contribution in [0, 0.1) is 6.92 Å². The van der Waals surface area contributed by atoms with Gasteiger partial charge in [-0.2, -0.15) is 0 Å². The number of nitrogens with zero attached hydrogens (tertiary/aromatic N) is 1. The minimum Gasteiger partial charge on any atom is -0.478 e. The smallest absolute Gasteiger partial charge is 0.339 e. The molecule has 1 aromatic carbocycles. The molecule has 0 fully saturated rings. The van der Waals surface area contributed by atoms with Crippen molar-refractivity contribution in [2.75, 3.05) is 0 Å². The number of halogens is 1. The van der Waals surface area contributed by atoms with Gasteiger partial charge >= 0.3 is 5.97 Å². The van der Waals surface area contributed by atoms with Gasteiger partial charge in [-0.3, -0.25) is 4.98 Å². The highest BCUT2D eigenvalue weighted by Gasteiger charge is 2.13. The van der Waals surface area contributed by atoms with E-state index >= 15 is 0 Å². The van der Waals surface area contributed by atoms with E-state index in [-0.39, 0.29) is 11.3 Å². The predicted octanol–water partition coefficient (Wildman–Crippen LogP) is 3.53. The summed E-state index contributed by atoms with van der Waals surface area (Å²) in [5, 5.41) is 9.44. The number of hydrogen-bond acceptors (Lipinski definition) is 3. The summed E-state index contributed by atoms with van der Waals surface area (Å²) in [4.78, 5) is 15.0. The van der Waals surface area contributed by atoms with Gasteiger partial charge in [-0.15, -0.1) is 0 Å². The molecule has 0 aliphatic rings. The number of hydrogen-bond donors (Lipinski definition) is 1. The maximum atomic E-state index is 11.1. The van der Waals surface area contributed by atoms with E-state index in [0.29, 0.717) is 10.8 Å². The zero-order chi connectivity index (χ0) is 13.1. The van der Waals surface area contributed by atoms with Crippen LogP contribution in [0.2, 0.25) is 5.02 Å². The van der Waals surface area contributed by atoms with Crippen molar-refractivity contribution >= 4 is 17.6 Å². The fourth-order valence-corrected chi connectivity index (χ4v) is 1.62. The summed E-state index contributed by atoms with van der Waals surface area (Å²) in [6, 6.07) is 6.15. The van der Waals surface area contributed by atoms with Gasteiger partial charge < -0.3 is 9.84 Å². The Morgan fingerprint density at radius 2 is 2.11 bits per heavy atom. The Hall–Kier alpha value is -2.07. The van der Waals surface area contributed by atoms with Crippen molar-refractivity contribution in [3.8, 4) is 11.5 Å². The highest BCUT2D eigenvalue weighted by molar-refractivity contribution is 6.31. The normalized spacial score (nSPS) is 10.1. The molecular formula is C13H10ClNO3. The minimum atomic E-state index is -1.08. The second-order valence-corrected chi connectivity index (χ2v) is 4.13. The molecule has 0 aliphatic carbocycles. The maximum Gasteiger partial charge on any atom is 0.339 e. The Balaban J connectivity index is 2.41. The summed E-state index contributed by atoms with van der Waals surface area (Å²) in [7, 11) is 0. The highest BCUT2D eigenvalue weighted by atomic mass is 35.5. The van der Waals surface area contributed by atoms with Crippen molar-refractivity contribution in [2.24, 2.45) is 0 Å². The first-order valence-corrected chi connectivity index (χ1v) is 5.57. The number of benzene rings is 1. The Kier molecular flexibility index (Phi) is 3.48. The lowest BCUT2D eigenvalue weighted by Crippen LogP contribution is -2.00. The number of carbonyl (C=O) groups is 1. The molecule has 0 spiro atoms. The molecule has 0 radical (unpaired) electrons. The molecule has 0 aliphatic heterocycles. The number of aryl methyl sites for hydroxylation is 1. The molecule has 18 heavy (non-hydrogen) atoms. The van der Waals surface area contributed by atoms with Crippen LogP contribution >= 0.6 is 11.6 Å². The summed E-state index contributed by atoms with van der Waals surface area (Å²) in [6.45, 7) is 1.83. The Morgan fingerprint density at radius 3 is 2.78 bits per heavy atom. The first-order valence-electron chi connectivity index (χ1n) is 5.19. The molecule has 0 atom stereocenters. The van der Waals surface area contributed by atoms with Crippen LogP contribution < -0.4 is 4.74 Å². The summed E-state index contributed by atoms with van der Waals surface area (Å²) in [5.41, 5.74) is 0.850. The van der Waals surface area contributed by atoms with Crippen molar-refractivity contribution in [3.05, 3.63) is 52.8 Å².